The van der Waals surface area contributed by atoms with Gasteiger partial charge in [0.15, 0.2) is 0 Å². The van der Waals surface area contributed by atoms with Gasteiger partial charge in [-0.05, 0) is 38.3 Å². The fourth-order valence-electron chi connectivity index (χ4n) is 4.12. The number of hydrogen-bond donors (Lipinski definition) is 1. The molecule has 2 fully saturated rings. The number of aryl methyl sites for hydroxylation is 1. The molecule has 1 aromatic rings. The van der Waals surface area contributed by atoms with E-state index in [1.54, 1.807) is 0 Å². The molecule has 0 radical (unpaired) electrons. The molecule has 0 aromatic carbocycles. The van der Waals surface area contributed by atoms with Crippen molar-refractivity contribution in [2.75, 3.05) is 26.2 Å². The fraction of sp³-hybridized carbons (Fsp3) is 0.722. The lowest BCUT2D eigenvalue weighted by Crippen LogP contribution is -2.56. The van der Waals surface area contributed by atoms with Crippen molar-refractivity contribution in [1.29, 1.82) is 0 Å². The van der Waals surface area contributed by atoms with Gasteiger partial charge in [0.05, 0.1) is 5.69 Å². The molecule has 0 bridgehead atoms. The summed E-state index contributed by atoms with van der Waals surface area (Å²) in [6.45, 7) is 6.60. The van der Waals surface area contributed by atoms with Crippen LogP contribution in [0.4, 0.5) is 0 Å². The number of hydrogen-bond acceptors (Lipinski definition) is 4. The molecule has 0 amide bonds. The Bertz CT molecular complexity index is 473. The number of pyridine rings is 1. The van der Waals surface area contributed by atoms with Crippen LogP contribution in [-0.4, -0.2) is 58.2 Å². The zero-order valence-electron chi connectivity index (χ0n) is 13.7. The lowest BCUT2D eigenvalue weighted by molar-refractivity contribution is 0.0262. The van der Waals surface area contributed by atoms with Crippen LogP contribution in [0.25, 0.3) is 0 Å². The SMILES string of the molecule is Cc1cccc(CN2CCN(C3CCCC3)[C@H](CCO)C2)n1. The van der Waals surface area contributed by atoms with E-state index in [0.29, 0.717) is 12.6 Å². The third-order valence-electron chi connectivity index (χ3n) is 5.20. The normalized spacial score (nSPS) is 24.9. The molecule has 1 aliphatic heterocycles. The lowest BCUT2D eigenvalue weighted by atomic mass is 10.0. The quantitative estimate of drug-likeness (QED) is 0.905. The highest BCUT2D eigenvalue weighted by molar-refractivity contribution is 5.10. The van der Waals surface area contributed by atoms with Gasteiger partial charge in [0.25, 0.3) is 0 Å². The van der Waals surface area contributed by atoms with Crippen LogP contribution in [0.1, 0.15) is 43.5 Å². The van der Waals surface area contributed by atoms with Crippen molar-refractivity contribution in [3.63, 3.8) is 0 Å². The molecule has 22 heavy (non-hydrogen) atoms. The monoisotopic (exact) mass is 303 g/mol. The first-order chi connectivity index (χ1) is 10.8. The maximum Gasteiger partial charge on any atom is 0.0547 e. The topological polar surface area (TPSA) is 39.6 Å². The van der Waals surface area contributed by atoms with E-state index in [0.717, 1.165) is 50.0 Å². The van der Waals surface area contributed by atoms with Gasteiger partial charge >= 0.3 is 0 Å². The van der Waals surface area contributed by atoms with Gasteiger partial charge in [0.2, 0.25) is 0 Å². The zero-order chi connectivity index (χ0) is 15.4. The van der Waals surface area contributed by atoms with Crippen LogP contribution in [0.15, 0.2) is 18.2 Å². The minimum Gasteiger partial charge on any atom is -0.396 e. The Kier molecular flexibility index (Phi) is 5.45. The Morgan fingerprint density at radius 1 is 1.23 bits per heavy atom. The van der Waals surface area contributed by atoms with Crippen molar-refractivity contribution in [3.8, 4) is 0 Å². The predicted octanol–water partition coefficient (Wildman–Crippen LogP) is 2.20. The van der Waals surface area contributed by atoms with Crippen LogP contribution in [0.3, 0.4) is 0 Å². The van der Waals surface area contributed by atoms with Crippen LogP contribution >= 0.6 is 0 Å². The molecular formula is C18H29N3O. The third-order valence-corrected chi connectivity index (χ3v) is 5.20. The minimum absolute atomic E-state index is 0.296. The largest absolute Gasteiger partial charge is 0.396 e. The van der Waals surface area contributed by atoms with Gasteiger partial charge in [-0.3, -0.25) is 14.8 Å². The number of aromatic nitrogens is 1. The van der Waals surface area contributed by atoms with Gasteiger partial charge in [-0.15, -0.1) is 0 Å². The van der Waals surface area contributed by atoms with Crippen LogP contribution in [0.5, 0.6) is 0 Å². The molecule has 3 rings (SSSR count). The first kappa shape index (κ1) is 15.9. The molecule has 1 N–H and O–H groups in total. The molecule has 2 heterocycles. The molecule has 4 heteroatoms. The molecule has 4 nitrogen and oxygen atoms in total. The van der Waals surface area contributed by atoms with Crippen molar-refractivity contribution in [1.82, 2.24) is 14.8 Å². The van der Waals surface area contributed by atoms with Gasteiger partial charge < -0.3 is 5.11 Å². The molecule has 122 valence electrons. The van der Waals surface area contributed by atoms with Crippen LogP contribution in [0, 0.1) is 6.92 Å². The molecular weight excluding hydrogens is 274 g/mol. The summed E-state index contributed by atoms with van der Waals surface area (Å²) in [7, 11) is 0. The number of rotatable bonds is 5. The van der Waals surface area contributed by atoms with Crippen molar-refractivity contribution in [2.24, 2.45) is 0 Å². The van der Waals surface area contributed by atoms with E-state index in [2.05, 4.69) is 39.9 Å². The third kappa shape index (κ3) is 3.86. The van der Waals surface area contributed by atoms with Gasteiger partial charge in [-0.1, -0.05) is 18.9 Å². The number of nitrogens with zero attached hydrogens (tertiary/aromatic N) is 3. The Hall–Kier alpha value is -0.970. The maximum absolute atomic E-state index is 9.43. The van der Waals surface area contributed by atoms with Gasteiger partial charge in [0.1, 0.15) is 0 Å². The second-order valence-electron chi connectivity index (χ2n) is 6.85. The molecule has 1 aromatic heterocycles. The predicted molar refractivity (Wildman–Crippen MR) is 88.7 cm³/mol. The number of piperazine rings is 1. The van der Waals surface area contributed by atoms with Crippen LogP contribution in [0.2, 0.25) is 0 Å². The van der Waals surface area contributed by atoms with Gasteiger partial charge in [-0.25, -0.2) is 0 Å². The molecule has 1 saturated heterocycles. The van der Waals surface area contributed by atoms with Gasteiger partial charge in [0, 0.05) is 50.6 Å². The average molecular weight is 303 g/mol. The Balaban J connectivity index is 1.61. The van der Waals surface area contributed by atoms with Crippen molar-refractivity contribution in [3.05, 3.63) is 29.6 Å². The van der Waals surface area contributed by atoms with E-state index in [4.69, 9.17) is 0 Å². The highest BCUT2D eigenvalue weighted by Gasteiger charge is 2.32. The molecule has 2 aliphatic rings. The highest BCUT2D eigenvalue weighted by Crippen LogP contribution is 2.28. The molecule has 1 atom stereocenters. The van der Waals surface area contributed by atoms with E-state index in [-0.39, 0.29) is 0 Å². The van der Waals surface area contributed by atoms with E-state index >= 15 is 0 Å². The summed E-state index contributed by atoms with van der Waals surface area (Å²) in [6, 6.07) is 7.54. The first-order valence-electron chi connectivity index (χ1n) is 8.78. The van der Waals surface area contributed by atoms with Crippen LogP contribution in [-0.2, 0) is 6.54 Å². The Morgan fingerprint density at radius 2 is 2.05 bits per heavy atom. The summed E-state index contributed by atoms with van der Waals surface area (Å²) < 4.78 is 0. The highest BCUT2D eigenvalue weighted by atomic mass is 16.3. The average Bonchev–Trinajstić information content (AvgIpc) is 3.02. The van der Waals surface area contributed by atoms with E-state index in [1.165, 1.54) is 25.7 Å². The second kappa shape index (κ2) is 7.53. The Morgan fingerprint density at radius 3 is 2.77 bits per heavy atom. The summed E-state index contributed by atoms with van der Waals surface area (Å²) in [5.74, 6) is 0. The molecule has 0 spiro atoms. The number of aliphatic hydroxyl groups excluding tert-OH is 1. The summed E-state index contributed by atoms with van der Waals surface area (Å²) in [6.07, 6.45) is 6.35. The second-order valence-corrected chi connectivity index (χ2v) is 6.85. The zero-order valence-corrected chi connectivity index (χ0v) is 13.7. The molecule has 0 unspecified atom stereocenters. The van der Waals surface area contributed by atoms with Crippen molar-refractivity contribution >= 4 is 0 Å². The Labute approximate surface area is 134 Å². The van der Waals surface area contributed by atoms with Gasteiger partial charge in [-0.2, -0.15) is 0 Å². The van der Waals surface area contributed by atoms with Crippen LogP contribution < -0.4 is 0 Å². The summed E-state index contributed by atoms with van der Waals surface area (Å²) >= 11 is 0. The lowest BCUT2D eigenvalue weighted by Gasteiger charge is -2.44. The minimum atomic E-state index is 0.296. The molecule has 1 aliphatic carbocycles. The smallest absolute Gasteiger partial charge is 0.0547 e. The number of aliphatic hydroxyl groups is 1. The van der Waals surface area contributed by atoms with Crippen molar-refractivity contribution < 1.29 is 5.11 Å². The van der Waals surface area contributed by atoms with E-state index in [9.17, 15) is 5.11 Å². The fourth-order valence-corrected chi connectivity index (χ4v) is 4.12. The molecule has 1 saturated carbocycles. The summed E-state index contributed by atoms with van der Waals surface area (Å²) in [5, 5.41) is 9.43. The van der Waals surface area contributed by atoms with E-state index < -0.39 is 0 Å². The summed E-state index contributed by atoms with van der Waals surface area (Å²) in [4.78, 5) is 9.82. The van der Waals surface area contributed by atoms with E-state index in [1.807, 2.05) is 0 Å². The first-order valence-corrected chi connectivity index (χ1v) is 8.78. The van der Waals surface area contributed by atoms with Crippen molar-refractivity contribution in [2.45, 2.75) is 57.7 Å². The maximum atomic E-state index is 9.43. The standard InChI is InChI=1S/C18H29N3O/c1-15-5-4-6-16(19-15)13-20-10-11-21(17-7-2-3-8-17)18(14-20)9-12-22/h4-6,17-18,22H,2-3,7-14H2,1H3/t18-/m1/s1. The summed E-state index contributed by atoms with van der Waals surface area (Å²) in [5.41, 5.74) is 2.26.